The fourth-order valence-electron chi connectivity index (χ4n) is 8.69. The SMILES string of the molecule is O=C(O)c1ccc(-c2ccc(-c3cc(-c4ccc(-c5ccc(C(=O)O)cc5)cc4)cc(-c4cc(-c5ccc6cc(C(=O)O)ccc6c5)cc(-c5ccc6cc(C(=O)O)ccc6c5)c4)c3)cc2)cc1. The van der Waals surface area contributed by atoms with Crippen LogP contribution in [0.5, 0.6) is 0 Å². The molecule has 0 heterocycles. The van der Waals surface area contributed by atoms with Crippen molar-refractivity contribution < 1.29 is 39.6 Å². The van der Waals surface area contributed by atoms with Gasteiger partial charge in [-0.25, -0.2) is 19.2 Å². The first kappa shape index (κ1) is 42.5. The predicted molar refractivity (Wildman–Crippen MR) is 267 cm³/mol. The normalized spacial score (nSPS) is 11.1. The summed E-state index contributed by atoms with van der Waals surface area (Å²) < 4.78 is 0. The molecule has 0 aromatic heterocycles. The highest BCUT2D eigenvalue weighted by atomic mass is 16.4. The first-order valence-corrected chi connectivity index (χ1v) is 21.7. The van der Waals surface area contributed by atoms with Crippen molar-refractivity contribution in [2.75, 3.05) is 0 Å². The van der Waals surface area contributed by atoms with Crippen molar-refractivity contribution in [3.8, 4) is 77.9 Å². The Morgan fingerprint density at radius 1 is 0.191 bits per heavy atom. The van der Waals surface area contributed by atoms with Gasteiger partial charge in [0.05, 0.1) is 22.3 Å². The maximum atomic E-state index is 11.8. The van der Waals surface area contributed by atoms with E-state index in [2.05, 4.69) is 72.8 Å². The van der Waals surface area contributed by atoms with Gasteiger partial charge in [-0.3, -0.25) is 0 Å². The molecule has 0 atom stereocenters. The zero-order valence-electron chi connectivity index (χ0n) is 36.1. The molecule has 0 saturated heterocycles. The number of aromatic carboxylic acids is 4. The van der Waals surface area contributed by atoms with Crippen molar-refractivity contribution in [1.29, 1.82) is 0 Å². The summed E-state index contributed by atoms with van der Waals surface area (Å²) in [6.45, 7) is 0. The van der Waals surface area contributed by atoms with E-state index in [0.717, 1.165) is 99.4 Å². The third-order valence-electron chi connectivity index (χ3n) is 12.4. The quantitative estimate of drug-likeness (QED) is 0.100. The van der Waals surface area contributed by atoms with E-state index in [4.69, 9.17) is 0 Å². The van der Waals surface area contributed by atoms with E-state index >= 15 is 0 Å². The molecule has 0 aliphatic heterocycles. The molecule has 10 aromatic rings. The van der Waals surface area contributed by atoms with E-state index in [1.807, 2.05) is 60.7 Å². The van der Waals surface area contributed by atoms with Gasteiger partial charge < -0.3 is 20.4 Å². The summed E-state index contributed by atoms with van der Waals surface area (Å²) in [5.41, 5.74) is 14.0. The molecule has 0 unspecified atom stereocenters. The van der Waals surface area contributed by atoms with Crippen LogP contribution in [0.25, 0.3) is 99.4 Å². The highest BCUT2D eigenvalue weighted by molar-refractivity contribution is 5.98. The van der Waals surface area contributed by atoms with E-state index < -0.39 is 23.9 Å². The molecule has 0 aliphatic rings. The van der Waals surface area contributed by atoms with E-state index in [9.17, 15) is 39.6 Å². The van der Waals surface area contributed by atoms with Gasteiger partial charge in [0.1, 0.15) is 0 Å². The minimum atomic E-state index is -0.990. The van der Waals surface area contributed by atoms with Crippen molar-refractivity contribution in [3.63, 3.8) is 0 Å². The average Bonchev–Trinajstić information content (AvgIpc) is 3.37. The van der Waals surface area contributed by atoms with Gasteiger partial charge in [-0.05, 0) is 196 Å². The Morgan fingerprint density at radius 2 is 0.382 bits per heavy atom. The Morgan fingerprint density at radius 3 is 0.676 bits per heavy atom. The molecule has 4 N–H and O–H groups in total. The Bertz CT molecular complexity index is 3410. The standard InChI is InChI=1S/C60H38O8/c61-57(62)41-13-9-37(10-14-41)35-1-5-39(6-2-35)51-29-52(40-7-3-36(4-8-40)38-11-15-42(16-12-38)58(63)64)31-55(30-51)56-33-53(47-19-17-45-27-49(59(65)66)23-21-43(45)25-47)32-54(34-56)48-20-18-46-28-50(60(67)68)24-22-44(46)26-48/h1-34H,(H,61,62)(H,63,64)(H,65,66)(H,67,68). The lowest BCUT2D eigenvalue weighted by Gasteiger charge is -2.16. The second-order valence-electron chi connectivity index (χ2n) is 16.7. The van der Waals surface area contributed by atoms with Crippen molar-refractivity contribution >= 4 is 45.4 Å². The summed E-state index contributed by atoms with van der Waals surface area (Å²) in [6.07, 6.45) is 0. The number of hydrogen-bond donors (Lipinski definition) is 4. The monoisotopic (exact) mass is 886 g/mol. The second-order valence-corrected chi connectivity index (χ2v) is 16.7. The van der Waals surface area contributed by atoms with Crippen LogP contribution in [0.3, 0.4) is 0 Å². The second kappa shape index (κ2) is 17.5. The van der Waals surface area contributed by atoms with Crippen LogP contribution in [0.4, 0.5) is 0 Å². The van der Waals surface area contributed by atoms with Crippen molar-refractivity contribution in [3.05, 3.63) is 229 Å². The first-order chi connectivity index (χ1) is 32.9. The number of rotatable bonds is 11. The van der Waals surface area contributed by atoms with Crippen LogP contribution >= 0.6 is 0 Å². The van der Waals surface area contributed by atoms with E-state index in [1.165, 1.54) is 0 Å². The smallest absolute Gasteiger partial charge is 0.335 e. The van der Waals surface area contributed by atoms with Crippen LogP contribution in [0.1, 0.15) is 41.4 Å². The predicted octanol–water partition coefficient (Wildman–Crippen LogP) is 14.5. The molecule has 0 spiro atoms. The third-order valence-corrected chi connectivity index (χ3v) is 12.4. The van der Waals surface area contributed by atoms with Crippen LogP contribution < -0.4 is 0 Å². The lowest BCUT2D eigenvalue weighted by Crippen LogP contribution is -1.95. The van der Waals surface area contributed by atoms with Crippen molar-refractivity contribution in [2.45, 2.75) is 0 Å². The Kier molecular flexibility index (Phi) is 11.0. The molecular formula is C60H38O8. The fourth-order valence-corrected chi connectivity index (χ4v) is 8.69. The fraction of sp³-hybridized carbons (Fsp3) is 0. The molecule has 68 heavy (non-hydrogen) atoms. The molecule has 8 heteroatoms. The lowest BCUT2D eigenvalue weighted by molar-refractivity contribution is 0.0686. The van der Waals surface area contributed by atoms with Gasteiger partial charge in [0.2, 0.25) is 0 Å². The maximum absolute atomic E-state index is 11.8. The lowest BCUT2D eigenvalue weighted by atomic mass is 9.88. The van der Waals surface area contributed by atoms with Gasteiger partial charge in [0, 0.05) is 0 Å². The number of hydrogen-bond acceptors (Lipinski definition) is 4. The minimum absolute atomic E-state index is 0.213. The first-order valence-electron chi connectivity index (χ1n) is 21.7. The van der Waals surface area contributed by atoms with Crippen LogP contribution in [0.2, 0.25) is 0 Å². The number of carbonyl (C=O) groups is 4. The third kappa shape index (κ3) is 8.60. The van der Waals surface area contributed by atoms with Gasteiger partial charge in [-0.2, -0.15) is 0 Å². The largest absolute Gasteiger partial charge is 0.478 e. The zero-order chi connectivity index (χ0) is 47.1. The molecule has 0 radical (unpaired) electrons. The summed E-state index contributed by atoms with van der Waals surface area (Å²) in [6, 6.07) is 65.1. The van der Waals surface area contributed by atoms with Gasteiger partial charge in [0.15, 0.2) is 0 Å². The van der Waals surface area contributed by atoms with Gasteiger partial charge >= 0.3 is 23.9 Å². The average molecular weight is 887 g/mol. The molecule has 0 saturated carbocycles. The van der Waals surface area contributed by atoms with Crippen molar-refractivity contribution in [2.24, 2.45) is 0 Å². The Hall–Kier alpha value is -9.40. The Labute approximate surface area is 389 Å². The van der Waals surface area contributed by atoms with Crippen LogP contribution in [0.15, 0.2) is 206 Å². The topological polar surface area (TPSA) is 149 Å². The molecule has 326 valence electrons. The van der Waals surface area contributed by atoms with Crippen LogP contribution in [0, 0.1) is 0 Å². The zero-order valence-corrected chi connectivity index (χ0v) is 36.1. The van der Waals surface area contributed by atoms with Crippen LogP contribution in [-0.4, -0.2) is 44.3 Å². The molecule has 8 nitrogen and oxygen atoms in total. The number of benzene rings is 10. The summed E-state index contributed by atoms with van der Waals surface area (Å²) >= 11 is 0. The molecule has 0 fully saturated rings. The molecule has 0 bridgehead atoms. The minimum Gasteiger partial charge on any atom is -0.478 e. The van der Waals surface area contributed by atoms with Gasteiger partial charge in [-0.1, -0.05) is 109 Å². The highest BCUT2D eigenvalue weighted by Crippen LogP contribution is 2.39. The summed E-state index contributed by atoms with van der Waals surface area (Å²) in [5.74, 6) is -3.94. The molecule has 10 aromatic carbocycles. The highest BCUT2D eigenvalue weighted by Gasteiger charge is 2.15. The summed E-state index contributed by atoms with van der Waals surface area (Å²) in [4.78, 5) is 46.6. The van der Waals surface area contributed by atoms with E-state index in [0.29, 0.717) is 0 Å². The van der Waals surface area contributed by atoms with E-state index in [-0.39, 0.29) is 22.3 Å². The van der Waals surface area contributed by atoms with Gasteiger partial charge in [-0.15, -0.1) is 0 Å². The molecule has 0 aliphatic carbocycles. The summed E-state index contributed by atoms with van der Waals surface area (Å²) in [7, 11) is 0. The molecule has 0 amide bonds. The molecule has 10 rings (SSSR count). The number of carboxylic acids is 4. The van der Waals surface area contributed by atoms with E-state index in [1.54, 1.807) is 72.8 Å². The van der Waals surface area contributed by atoms with Gasteiger partial charge in [0.25, 0.3) is 0 Å². The summed E-state index contributed by atoms with van der Waals surface area (Å²) in [5, 5.41) is 41.6. The van der Waals surface area contributed by atoms with Crippen LogP contribution in [-0.2, 0) is 0 Å². The number of carboxylic acid groups (broad SMARTS) is 4. The number of fused-ring (bicyclic) bond motifs is 2. The molecular weight excluding hydrogens is 849 g/mol. The Balaban J connectivity index is 1.12. The maximum Gasteiger partial charge on any atom is 0.335 e. The van der Waals surface area contributed by atoms with Crippen molar-refractivity contribution in [1.82, 2.24) is 0 Å².